The van der Waals surface area contributed by atoms with Gasteiger partial charge in [-0.1, -0.05) is 72.8 Å². The van der Waals surface area contributed by atoms with E-state index in [9.17, 15) is 14.4 Å². The Bertz CT molecular complexity index is 1230. The second kappa shape index (κ2) is 9.51. The van der Waals surface area contributed by atoms with E-state index in [-0.39, 0.29) is 36.4 Å². The van der Waals surface area contributed by atoms with E-state index >= 15 is 0 Å². The van der Waals surface area contributed by atoms with Crippen molar-refractivity contribution >= 4 is 17.4 Å². The lowest BCUT2D eigenvalue weighted by atomic mass is 9.92. The highest BCUT2D eigenvalue weighted by Gasteiger charge is 2.30. The average Bonchev–Trinajstić information content (AvgIpc) is 2.82. The fourth-order valence-electron chi connectivity index (χ4n) is 4.03. The van der Waals surface area contributed by atoms with Crippen molar-refractivity contribution in [2.75, 3.05) is 10.6 Å². The van der Waals surface area contributed by atoms with Gasteiger partial charge >= 0.3 is 5.69 Å². The van der Waals surface area contributed by atoms with Gasteiger partial charge in [-0.2, -0.15) is 0 Å². The molecule has 0 unspecified atom stereocenters. The molecule has 4 rings (SSSR count). The first-order valence-corrected chi connectivity index (χ1v) is 10.7. The molecule has 1 amide bonds. The Balaban J connectivity index is 1.79. The summed E-state index contributed by atoms with van der Waals surface area (Å²) in [5.41, 5.74) is 6.87. The zero-order valence-electron chi connectivity index (χ0n) is 17.7. The van der Waals surface area contributed by atoms with Crippen LogP contribution in [0.5, 0.6) is 0 Å². The molecular weight excluding hydrogens is 404 g/mol. The molecule has 2 aromatic carbocycles. The molecule has 1 atom stereocenters. The average molecular weight is 431 g/mol. The topological polar surface area (TPSA) is 101 Å². The van der Waals surface area contributed by atoms with Gasteiger partial charge in [0, 0.05) is 5.92 Å². The van der Waals surface area contributed by atoms with Crippen LogP contribution in [0.2, 0.25) is 0 Å². The van der Waals surface area contributed by atoms with Crippen molar-refractivity contribution in [3.63, 3.8) is 0 Å². The lowest BCUT2D eigenvalue weighted by Gasteiger charge is -2.29. The number of amides is 1. The van der Waals surface area contributed by atoms with Crippen molar-refractivity contribution in [1.82, 2.24) is 9.55 Å². The molecule has 3 aromatic rings. The van der Waals surface area contributed by atoms with Gasteiger partial charge < -0.3 is 5.73 Å². The summed E-state index contributed by atoms with van der Waals surface area (Å²) < 4.78 is 1.30. The van der Waals surface area contributed by atoms with Gasteiger partial charge in [0.1, 0.15) is 5.82 Å². The summed E-state index contributed by atoms with van der Waals surface area (Å²) in [6.07, 6.45) is 6.20. The second-order valence-electron chi connectivity index (χ2n) is 7.96. The van der Waals surface area contributed by atoms with Gasteiger partial charge in [-0.3, -0.25) is 24.0 Å². The predicted molar refractivity (Wildman–Crippen MR) is 125 cm³/mol. The summed E-state index contributed by atoms with van der Waals surface area (Å²) in [5.74, 6) is -0.421. The largest absolute Gasteiger partial charge is 0.383 e. The molecule has 7 nitrogen and oxygen atoms in total. The molecule has 0 saturated carbocycles. The highest BCUT2D eigenvalue weighted by Crippen LogP contribution is 2.27. The number of hydrogen-bond donors (Lipinski definition) is 2. The van der Waals surface area contributed by atoms with Crippen LogP contribution in [0.15, 0.2) is 82.4 Å². The lowest BCUT2D eigenvalue weighted by molar-refractivity contribution is -0.122. The van der Waals surface area contributed by atoms with Crippen molar-refractivity contribution in [3.8, 4) is 0 Å². The van der Waals surface area contributed by atoms with E-state index < -0.39 is 11.2 Å². The number of nitrogens with two attached hydrogens (primary N) is 1. The van der Waals surface area contributed by atoms with Crippen molar-refractivity contribution in [3.05, 3.63) is 105 Å². The summed E-state index contributed by atoms with van der Waals surface area (Å²) in [5, 5.41) is 0. The van der Waals surface area contributed by atoms with E-state index in [0.717, 1.165) is 17.5 Å². The Morgan fingerprint density at radius 2 is 1.66 bits per heavy atom. The molecule has 1 aliphatic carbocycles. The first-order valence-electron chi connectivity index (χ1n) is 10.7. The number of nitrogens with one attached hydrogen (secondary N) is 1. The lowest BCUT2D eigenvalue weighted by Crippen LogP contribution is -2.43. The number of allylic oxidation sites excluding steroid dienone is 2. The number of benzene rings is 2. The molecule has 0 radical (unpaired) electrons. The number of aromatic nitrogens is 2. The van der Waals surface area contributed by atoms with Crippen LogP contribution in [0.1, 0.15) is 30.4 Å². The SMILES string of the molecule is Nc1c(N(Cc2ccccc2)C(=O)[C@@H]2CC=CCC2)c(=O)[nH]c(=O)n1Cc1ccccc1. The number of nitrogen functional groups attached to an aromatic ring is 1. The molecule has 32 heavy (non-hydrogen) atoms. The molecule has 0 fully saturated rings. The number of H-pyrrole nitrogens is 1. The summed E-state index contributed by atoms with van der Waals surface area (Å²) in [6, 6.07) is 18.8. The third-order valence-corrected chi connectivity index (χ3v) is 5.74. The van der Waals surface area contributed by atoms with E-state index in [1.807, 2.05) is 66.7 Å². The van der Waals surface area contributed by atoms with Crippen molar-refractivity contribution in [2.45, 2.75) is 32.4 Å². The molecule has 7 heteroatoms. The monoisotopic (exact) mass is 430 g/mol. The number of nitrogens with zero attached hydrogens (tertiary/aromatic N) is 2. The fourth-order valence-corrected chi connectivity index (χ4v) is 4.03. The normalized spacial score (nSPS) is 15.4. The zero-order chi connectivity index (χ0) is 22.5. The molecule has 164 valence electrons. The number of carbonyl (C=O) groups is 1. The molecule has 0 bridgehead atoms. The van der Waals surface area contributed by atoms with Gasteiger partial charge in [-0.25, -0.2) is 4.79 Å². The number of carbonyl (C=O) groups excluding carboxylic acids is 1. The van der Waals surface area contributed by atoms with Crippen LogP contribution < -0.4 is 21.9 Å². The maximum atomic E-state index is 13.6. The van der Waals surface area contributed by atoms with Crippen LogP contribution in [-0.2, 0) is 17.9 Å². The third-order valence-electron chi connectivity index (χ3n) is 5.74. The summed E-state index contributed by atoms with van der Waals surface area (Å²) in [4.78, 5) is 42.9. The maximum absolute atomic E-state index is 13.6. The van der Waals surface area contributed by atoms with E-state index in [0.29, 0.717) is 12.8 Å². The Morgan fingerprint density at radius 3 is 2.28 bits per heavy atom. The van der Waals surface area contributed by atoms with E-state index in [1.54, 1.807) is 0 Å². The van der Waals surface area contributed by atoms with Crippen LogP contribution >= 0.6 is 0 Å². The van der Waals surface area contributed by atoms with Crippen LogP contribution in [0.3, 0.4) is 0 Å². The zero-order valence-corrected chi connectivity index (χ0v) is 17.7. The van der Waals surface area contributed by atoms with Crippen molar-refractivity contribution < 1.29 is 4.79 Å². The van der Waals surface area contributed by atoms with Crippen LogP contribution in [0.25, 0.3) is 0 Å². The minimum absolute atomic E-state index is 0.0155. The van der Waals surface area contributed by atoms with E-state index in [1.165, 1.54) is 9.47 Å². The van der Waals surface area contributed by atoms with Gasteiger partial charge in [0.25, 0.3) is 5.56 Å². The summed E-state index contributed by atoms with van der Waals surface area (Å²) >= 11 is 0. The fraction of sp³-hybridized carbons (Fsp3) is 0.240. The molecule has 1 aliphatic rings. The molecule has 1 heterocycles. The Hall–Kier alpha value is -3.87. The van der Waals surface area contributed by atoms with E-state index in [2.05, 4.69) is 11.1 Å². The Labute approximate surface area is 185 Å². The molecule has 1 aromatic heterocycles. The Morgan fingerprint density at radius 1 is 1.00 bits per heavy atom. The smallest absolute Gasteiger partial charge is 0.330 e. The number of hydrogen-bond acceptors (Lipinski definition) is 4. The highest BCUT2D eigenvalue weighted by atomic mass is 16.2. The summed E-state index contributed by atoms with van der Waals surface area (Å²) in [6.45, 7) is 0.380. The van der Waals surface area contributed by atoms with Crippen molar-refractivity contribution in [2.24, 2.45) is 5.92 Å². The van der Waals surface area contributed by atoms with Gasteiger partial charge in [-0.15, -0.1) is 0 Å². The maximum Gasteiger partial charge on any atom is 0.330 e. The van der Waals surface area contributed by atoms with Crippen LogP contribution in [0, 0.1) is 5.92 Å². The minimum atomic E-state index is -0.660. The quantitative estimate of drug-likeness (QED) is 0.587. The number of aromatic amines is 1. The second-order valence-corrected chi connectivity index (χ2v) is 7.96. The molecule has 3 N–H and O–H groups in total. The van der Waals surface area contributed by atoms with Gasteiger partial charge in [-0.05, 0) is 30.4 Å². The number of anilines is 2. The standard InChI is InChI=1S/C25H26N4O3/c26-22-21(23(30)27-25(32)29(22)17-19-12-6-2-7-13-19)28(16-18-10-4-1-5-11-18)24(31)20-14-8-3-9-15-20/h1-8,10-13,20H,9,14-17,26H2,(H,27,30,32)/t20-/m1/s1. The minimum Gasteiger partial charge on any atom is -0.383 e. The van der Waals surface area contributed by atoms with Crippen LogP contribution in [0.4, 0.5) is 11.5 Å². The first kappa shape index (κ1) is 21.4. The molecular formula is C25H26N4O3. The summed E-state index contributed by atoms with van der Waals surface area (Å²) in [7, 11) is 0. The molecule has 0 aliphatic heterocycles. The predicted octanol–water partition coefficient (Wildman–Crippen LogP) is 3.06. The first-order chi connectivity index (χ1) is 15.5. The highest BCUT2D eigenvalue weighted by molar-refractivity contribution is 5.97. The molecule has 0 spiro atoms. The molecule has 0 saturated heterocycles. The van der Waals surface area contributed by atoms with Gasteiger partial charge in [0.15, 0.2) is 5.69 Å². The van der Waals surface area contributed by atoms with E-state index in [4.69, 9.17) is 5.73 Å². The third kappa shape index (κ3) is 4.56. The van der Waals surface area contributed by atoms with Crippen molar-refractivity contribution in [1.29, 1.82) is 0 Å². The van der Waals surface area contributed by atoms with Crippen LogP contribution in [-0.4, -0.2) is 15.5 Å². The Kier molecular flexibility index (Phi) is 6.35. The van der Waals surface area contributed by atoms with Gasteiger partial charge in [0.05, 0.1) is 13.1 Å². The van der Waals surface area contributed by atoms with Gasteiger partial charge in [0.2, 0.25) is 5.91 Å². The number of rotatable bonds is 6.